The van der Waals surface area contributed by atoms with E-state index in [-0.39, 0.29) is 11.5 Å². The monoisotopic (exact) mass is 507 g/mol. The van der Waals surface area contributed by atoms with Crippen molar-refractivity contribution in [3.63, 3.8) is 0 Å². The molecule has 1 fully saturated rings. The van der Waals surface area contributed by atoms with E-state index in [2.05, 4.69) is 39.0 Å². The highest BCUT2D eigenvalue weighted by molar-refractivity contribution is 5.92. The molecule has 0 aliphatic carbocycles. The lowest BCUT2D eigenvalue weighted by atomic mass is 9.86. The molecule has 2 heterocycles. The molecule has 204 valence electrons. The van der Waals surface area contributed by atoms with Crippen LogP contribution in [-0.2, 0) is 11.2 Å². The lowest BCUT2D eigenvalue weighted by molar-refractivity contribution is -0.127. The third kappa shape index (κ3) is 8.25. The minimum atomic E-state index is -0.157. The quantitative estimate of drug-likeness (QED) is 0.256. The van der Waals surface area contributed by atoms with E-state index < -0.39 is 0 Å². The van der Waals surface area contributed by atoms with Crippen LogP contribution in [0.4, 0.5) is 0 Å². The summed E-state index contributed by atoms with van der Waals surface area (Å²) in [5, 5.41) is 10.1. The van der Waals surface area contributed by atoms with Gasteiger partial charge in [-0.3, -0.25) is 4.79 Å². The second kappa shape index (κ2) is 13.3. The zero-order valence-corrected chi connectivity index (χ0v) is 24.2. The van der Waals surface area contributed by atoms with Crippen molar-refractivity contribution < 1.29 is 14.6 Å². The summed E-state index contributed by atoms with van der Waals surface area (Å²) in [6.45, 7) is 14.5. The zero-order chi connectivity index (χ0) is 27.0. The van der Waals surface area contributed by atoms with Crippen molar-refractivity contribution in [3.8, 4) is 11.5 Å². The maximum atomic E-state index is 12.5. The van der Waals surface area contributed by atoms with Gasteiger partial charge in [-0.25, -0.2) is 0 Å². The smallest absolute Gasteiger partial charge is 0.249 e. The van der Waals surface area contributed by atoms with Crippen molar-refractivity contribution in [2.75, 3.05) is 13.1 Å². The molecule has 2 aliphatic rings. The van der Waals surface area contributed by atoms with Crippen LogP contribution in [0.2, 0.25) is 0 Å². The van der Waals surface area contributed by atoms with Gasteiger partial charge in [-0.2, -0.15) is 0 Å². The third-order valence-corrected chi connectivity index (χ3v) is 8.24. The van der Waals surface area contributed by atoms with Gasteiger partial charge in [0.05, 0.1) is 0 Å². The highest BCUT2D eigenvalue weighted by atomic mass is 16.5. The second-order valence-electron chi connectivity index (χ2n) is 11.7. The summed E-state index contributed by atoms with van der Waals surface area (Å²) in [6.07, 6.45) is 18.4. The van der Waals surface area contributed by atoms with Gasteiger partial charge in [-0.05, 0) is 129 Å². The van der Waals surface area contributed by atoms with Crippen molar-refractivity contribution in [3.05, 3.63) is 57.7 Å². The lowest BCUT2D eigenvalue weighted by Crippen LogP contribution is -2.36. The highest BCUT2D eigenvalue weighted by Gasteiger charge is 2.33. The van der Waals surface area contributed by atoms with Crippen LogP contribution < -0.4 is 4.74 Å². The molecule has 2 aliphatic heterocycles. The molecule has 1 aromatic carbocycles. The van der Waals surface area contributed by atoms with Crippen LogP contribution in [0, 0.1) is 13.8 Å². The number of nitrogens with zero attached hydrogens (tertiary/aromatic N) is 1. The Morgan fingerprint density at radius 1 is 1.00 bits per heavy atom. The molecule has 1 atom stereocenters. The van der Waals surface area contributed by atoms with Gasteiger partial charge in [0.1, 0.15) is 17.1 Å². The van der Waals surface area contributed by atoms with Crippen molar-refractivity contribution >= 4 is 5.91 Å². The van der Waals surface area contributed by atoms with Crippen molar-refractivity contribution in [1.29, 1.82) is 0 Å². The summed E-state index contributed by atoms with van der Waals surface area (Å²) in [5.74, 6) is 1.58. The predicted molar refractivity (Wildman–Crippen MR) is 154 cm³/mol. The van der Waals surface area contributed by atoms with Crippen LogP contribution in [0.5, 0.6) is 11.5 Å². The number of ether oxygens (including phenoxy) is 1. The number of hydrogen-bond donors (Lipinski definition) is 1. The normalized spacial score (nSPS) is 21.0. The van der Waals surface area contributed by atoms with Crippen molar-refractivity contribution in [2.45, 2.75) is 118 Å². The number of aromatic hydroxyl groups is 1. The number of phenolic OH excluding ortho intramolecular Hbond substituents is 1. The topological polar surface area (TPSA) is 49.8 Å². The molecule has 4 heteroatoms. The zero-order valence-electron chi connectivity index (χ0n) is 24.2. The standard InChI is InChI=1S/C33H49NO3/c1-24(15-11-17-26(3)32(36)34-21-8-7-9-22-34)13-10-14-25(2)16-12-19-33(6)20-18-29-28(5)30(35)23-27(4)31(29)37-33/h13,16-17,23,35H,7-12,14-15,18-22H2,1-6H3/b24-13+,25-16+,26-17+. The Balaban J connectivity index is 1.39. The first kappa shape index (κ1) is 29.1. The Labute approximate surface area is 225 Å². The van der Waals surface area contributed by atoms with E-state index in [1.807, 2.05) is 31.7 Å². The van der Waals surface area contributed by atoms with Crippen molar-refractivity contribution in [1.82, 2.24) is 4.90 Å². The number of aryl methyl sites for hydroxylation is 1. The molecule has 4 nitrogen and oxygen atoms in total. The Morgan fingerprint density at radius 2 is 1.62 bits per heavy atom. The number of fused-ring (bicyclic) bond motifs is 1. The summed E-state index contributed by atoms with van der Waals surface area (Å²) in [7, 11) is 0. The van der Waals surface area contributed by atoms with Gasteiger partial charge in [-0.1, -0.05) is 29.4 Å². The number of piperidine rings is 1. The van der Waals surface area contributed by atoms with E-state index in [1.165, 1.54) is 23.1 Å². The third-order valence-electron chi connectivity index (χ3n) is 8.24. The fourth-order valence-corrected chi connectivity index (χ4v) is 5.57. The van der Waals surface area contributed by atoms with E-state index in [4.69, 9.17) is 4.74 Å². The number of rotatable bonds is 10. The first-order chi connectivity index (χ1) is 17.6. The second-order valence-corrected chi connectivity index (χ2v) is 11.7. The highest BCUT2D eigenvalue weighted by Crippen LogP contribution is 2.42. The number of likely N-dealkylation sites (tertiary alicyclic amines) is 1. The van der Waals surface area contributed by atoms with E-state index >= 15 is 0 Å². The molecular weight excluding hydrogens is 458 g/mol. The molecule has 0 spiro atoms. The first-order valence-corrected chi connectivity index (χ1v) is 14.4. The summed E-state index contributed by atoms with van der Waals surface area (Å²) >= 11 is 0. The number of allylic oxidation sites excluding steroid dienone is 5. The molecule has 1 amide bonds. The SMILES string of the molecule is C/C(=C\CC/C(C)=C/CCC1(C)CCc2c(C)c(O)cc(C)c2O1)CC/C=C(\C)C(=O)N1CCCCC1. The molecule has 37 heavy (non-hydrogen) atoms. The summed E-state index contributed by atoms with van der Waals surface area (Å²) in [4.78, 5) is 14.6. The minimum absolute atomic E-state index is 0.157. The number of amides is 1. The van der Waals surface area contributed by atoms with Gasteiger partial charge < -0.3 is 14.7 Å². The van der Waals surface area contributed by atoms with Gasteiger partial charge in [0.2, 0.25) is 5.91 Å². The van der Waals surface area contributed by atoms with Crippen LogP contribution in [-0.4, -0.2) is 34.6 Å². The van der Waals surface area contributed by atoms with Crippen molar-refractivity contribution in [2.24, 2.45) is 0 Å². The first-order valence-electron chi connectivity index (χ1n) is 14.4. The molecule has 1 saturated heterocycles. The Kier molecular flexibility index (Phi) is 10.5. The Hall–Kier alpha value is -2.49. The van der Waals surface area contributed by atoms with E-state index in [0.29, 0.717) is 5.75 Å². The predicted octanol–water partition coefficient (Wildman–Crippen LogP) is 8.28. The molecular formula is C33H49NO3. The van der Waals surface area contributed by atoms with Gasteiger partial charge in [-0.15, -0.1) is 0 Å². The van der Waals surface area contributed by atoms with Crippen LogP contribution in [0.3, 0.4) is 0 Å². The fraction of sp³-hybridized carbons (Fsp3) is 0.606. The van der Waals surface area contributed by atoms with Crippen LogP contribution >= 0.6 is 0 Å². The number of hydrogen-bond acceptors (Lipinski definition) is 3. The van der Waals surface area contributed by atoms with Crippen LogP contribution in [0.15, 0.2) is 41.0 Å². The Morgan fingerprint density at radius 3 is 2.30 bits per heavy atom. The summed E-state index contributed by atoms with van der Waals surface area (Å²) < 4.78 is 6.51. The largest absolute Gasteiger partial charge is 0.508 e. The van der Waals surface area contributed by atoms with E-state index in [0.717, 1.165) is 99.7 Å². The maximum Gasteiger partial charge on any atom is 0.249 e. The molecule has 1 N–H and O–H groups in total. The molecule has 0 radical (unpaired) electrons. The van der Waals surface area contributed by atoms with Gasteiger partial charge in [0.25, 0.3) is 0 Å². The summed E-state index contributed by atoms with van der Waals surface area (Å²) in [6, 6.07) is 1.83. The number of carbonyl (C=O) groups is 1. The minimum Gasteiger partial charge on any atom is -0.508 e. The molecule has 0 saturated carbocycles. The van der Waals surface area contributed by atoms with Gasteiger partial charge in [0.15, 0.2) is 0 Å². The van der Waals surface area contributed by atoms with Crippen LogP contribution in [0.25, 0.3) is 0 Å². The van der Waals surface area contributed by atoms with Crippen LogP contribution in [0.1, 0.15) is 109 Å². The Bertz CT molecular complexity index is 1040. The average Bonchev–Trinajstić information content (AvgIpc) is 2.87. The molecule has 1 unspecified atom stereocenters. The number of carbonyl (C=O) groups excluding carboxylic acids is 1. The van der Waals surface area contributed by atoms with E-state index in [9.17, 15) is 9.90 Å². The molecule has 1 aromatic rings. The molecule has 3 rings (SSSR count). The number of benzene rings is 1. The molecule has 0 aromatic heterocycles. The molecule has 0 bridgehead atoms. The van der Waals surface area contributed by atoms with Gasteiger partial charge in [0, 0.05) is 24.2 Å². The summed E-state index contributed by atoms with van der Waals surface area (Å²) in [5.41, 5.74) is 6.73. The number of phenols is 1. The average molecular weight is 508 g/mol. The lowest BCUT2D eigenvalue weighted by Gasteiger charge is -2.37. The van der Waals surface area contributed by atoms with Gasteiger partial charge >= 0.3 is 0 Å². The maximum absolute atomic E-state index is 12.5. The van der Waals surface area contributed by atoms with E-state index in [1.54, 1.807) is 0 Å². The fourth-order valence-electron chi connectivity index (χ4n) is 5.57.